The number of anilines is 3. The van der Waals surface area contributed by atoms with Crippen LogP contribution in [0.25, 0.3) is 11.2 Å². The number of hydrogen-bond acceptors (Lipinski definition) is 11. The first-order chi connectivity index (χ1) is 17.3. The van der Waals surface area contributed by atoms with Crippen molar-refractivity contribution in [2.75, 3.05) is 23.4 Å². The maximum Gasteiger partial charge on any atom is 0.329 e. The van der Waals surface area contributed by atoms with Crippen LogP contribution in [0.15, 0.2) is 30.5 Å². The Balaban J connectivity index is 1.69. The molecule has 13 nitrogen and oxygen atoms in total. The number of amides is 1. The summed E-state index contributed by atoms with van der Waals surface area (Å²) in [5.41, 5.74) is 13.1. The van der Waals surface area contributed by atoms with Gasteiger partial charge < -0.3 is 31.5 Å². The summed E-state index contributed by atoms with van der Waals surface area (Å²) in [7, 11) is 1.84. The maximum absolute atomic E-state index is 12.8. The number of carboxylic acids is 1. The lowest BCUT2D eigenvalue weighted by Gasteiger charge is -2.24. The van der Waals surface area contributed by atoms with E-state index in [2.05, 4.69) is 25.3 Å². The van der Waals surface area contributed by atoms with Crippen molar-refractivity contribution < 1.29 is 24.2 Å². The summed E-state index contributed by atoms with van der Waals surface area (Å²) >= 11 is 0. The van der Waals surface area contributed by atoms with E-state index >= 15 is 0 Å². The predicted octanol–water partition coefficient (Wildman–Crippen LogP) is 1.53. The Morgan fingerprint density at radius 3 is 2.41 bits per heavy atom. The summed E-state index contributed by atoms with van der Waals surface area (Å²) in [6.07, 6.45) is 1.18. The van der Waals surface area contributed by atoms with Crippen LogP contribution in [0, 0.1) is 0 Å². The molecule has 1 atom stereocenters. The molecule has 0 spiro atoms. The third-order valence-electron chi connectivity index (χ3n) is 5.11. The highest BCUT2D eigenvalue weighted by molar-refractivity contribution is 5.97. The molecule has 1 amide bonds. The zero-order chi connectivity index (χ0) is 27.3. The third kappa shape index (κ3) is 7.46. The molecule has 196 valence electrons. The van der Waals surface area contributed by atoms with Gasteiger partial charge in [-0.15, -0.1) is 0 Å². The number of nitrogen functional groups attached to an aromatic ring is 2. The van der Waals surface area contributed by atoms with E-state index in [1.165, 1.54) is 0 Å². The van der Waals surface area contributed by atoms with Crippen LogP contribution in [0.1, 0.15) is 49.7 Å². The molecule has 2 aromatic heterocycles. The Labute approximate surface area is 213 Å². The van der Waals surface area contributed by atoms with Crippen molar-refractivity contribution >= 4 is 46.5 Å². The monoisotopic (exact) mass is 510 g/mol. The number of aromatic nitrogens is 4. The lowest BCUT2D eigenvalue weighted by molar-refractivity contribution is -0.157. The lowest BCUT2D eigenvalue weighted by Crippen LogP contribution is -2.44. The SMILES string of the molecule is CN(Cc1cnc2nc(N)nc(N)c2n1)c1ccc(C(=O)N[C@@H](CCC(=O)O)C(=O)OC(C)(C)C)cc1. The number of hydrogen-bond donors (Lipinski definition) is 4. The normalized spacial score (nSPS) is 12.1. The number of carboxylic acid groups (broad SMARTS) is 1. The molecule has 3 aromatic rings. The molecule has 0 fully saturated rings. The van der Waals surface area contributed by atoms with E-state index < -0.39 is 29.5 Å². The summed E-state index contributed by atoms with van der Waals surface area (Å²) in [6, 6.07) is 5.59. The van der Waals surface area contributed by atoms with Crippen LogP contribution >= 0.6 is 0 Å². The van der Waals surface area contributed by atoms with Crippen LogP contribution < -0.4 is 21.7 Å². The van der Waals surface area contributed by atoms with E-state index in [9.17, 15) is 14.4 Å². The minimum Gasteiger partial charge on any atom is -0.481 e. The molecule has 37 heavy (non-hydrogen) atoms. The van der Waals surface area contributed by atoms with Gasteiger partial charge in [-0.25, -0.2) is 14.8 Å². The van der Waals surface area contributed by atoms with Gasteiger partial charge in [-0.05, 0) is 51.5 Å². The molecular weight excluding hydrogens is 480 g/mol. The van der Waals surface area contributed by atoms with Crippen molar-refractivity contribution in [1.82, 2.24) is 25.3 Å². The van der Waals surface area contributed by atoms with Gasteiger partial charge in [0.05, 0.1) is 18.4 Å². The smallest absolute Gasteiger partial charge is 0.329 e. The van der Waals surface area contributed by atoms with Crippen LogP contribution in [0.4, 0.5) is 17.5 Å². The third-order valence-corrected chi connectivity index (χ3v) is 5.11. The summed E-state index contributed by atoms with van der Waals surface area (Å²) in [5.74, 6) is -2.13. The van der Waals surface area contributed by atoms with E-state index in [4.69, 9.17) is 21.3 Å². The molecule has 0 unspecified atom stereocenters. The van der Waals surface area contributed by atoms with Crippen molar-refractivity contribution in [2.24, 2.45) is 0 Å². The van der Waals surface area contributed by atoms with Crippen LogP contribution in [-0.4, -0.2) is 61.6 Å². The average molecular weight is 511 g/mol. The largest absolute Gasteiger partial charge is 0.481 e. The van der Waals surface area contributed by atoms with Gasteiger partial charge in [-0.1, -0.05) is 0 Å². The number of esters is 1. The molecule has 0 saturated heterocycles. The van der Waals surface area contributed by atoms with Crippen molar-refractivity contribution in [3.05, 3.63) is 41.7 Å². The predicted molar refractivity (Wildman–Crippen MR) is 136 cm³/mol. The zero-order valence-electron chi connectivity index (χ0n) is 21.1. The van der Waals surface area contributed by atoms with Gasteiger partial charge in [0.15, 0.2) is 17.0 Å². The molecular formula is C24H30N8O5. The van der Waals surface area contributed by atoms with Crippen LogP contribution in [0.3, 0.4) is 0 Å². The number of nitrogens with zero attached hydrogens (tertiary/aromatic N) is 5. The van der Waals surface area contributed by atoms with Crippen LogP contribution in [-0.2, 0) is 20.9 Å². The van der Waals surface area contributed by atoms with Gasteiger partial charge in [-0.3, -0.25) is 9.59 Å². The van der Waals surface area contributed by atoms with Crippen molar-refractivity contribution in [2.45, 2.75) is 51.8 Å². The van der Waals surface area contributed by atoms with Gasteiger partial charge in [0.2, 0.25) is 5.95 Å². The van der Waals surface area contributed by atoms with E-state index in [0.29, 0.717) is 29.0 Å². The quantitative estimate of drug-likeness (QED) is 0.303. The fourth-order valence-corrected chi connectivity index (χ4v) is 3.39. The molecule has 0 saturated carbocycles. The molecule has 2 heterocycles. The molecule has 1 aromatic carbocycles. The van der Waals surface area contributed by atoms with Gasteiger partial charge >= 0.3 is 11.9 Å². The number of rotatable bonds is 9. The number of nitrogens with two attached hydrogens (primary N) is 2. The second-order valence-corrected chi connectivity index (χ2v) is 9.40. The molecule has 3 rings (SSSR count). The van der Waals surface area contributed by atoms with E-state index in [1.54, 1.807) is 51.2 Å². The second kappa shape index (κ2) is 11.0. The first kappa shape index (κ1) is 27.0. The van der Waals surface area contributed by atoms with E-state index in [-0.39, 0.29) is 24.6 Å². The molecule has 6 N–H and O–H groups in total. The summed E-state index contributed by atoms with van der Waals surface area (Å²) < 4.78 is 5.33. The van der Waals surface area contributed by atoms with Gasteiger partial charge in [-0.2, -0.15) is 9.97 Å². The summed E-state index contributed by atoms with van der Waals surface area (Å²) in [5, 5.41) is 11.6. The second-order valence-electron chi connectivity index (χ2n) is 9.40. The highest BCUT2D eigenvalue weighted by Gasteiger charge is 2.27. The Morgan fingerprint density at radius 1 is 1.11 bits per heavy atom. The fraction of sp³-hybridized carbons (Fsp3) is 0.375. The van der Waals surface area contributed by atoms with Gasteiger partial charge in [0.25, 0.3) is 5.91 Å². The first-order valence-corrected chi connectivity index (χ1v) is 11.4. The average Bonchev–Trinajstić information content (AvgIpc) is 2.80. The highest BCUT2D eigenvalue weighted by atomic mass is 16.6. The van der Waals surface area contributed by atoms with Crippen molar-refractivity contribution in [3.63, 3.8) is 0 Å². The van der Waals surface area contributed by atoms with Gasteiger partial charge in [0.1, 0.15) is 11.6 Å². The first-order valence-electron chi connectivity index (χ1n) is 11.4. The summed E-state index contributed by atoms with van der Waals surface area (Å²) in [4.78, 5) is 54.8. The molecule has 0 aliphatic heterocycles. The topological polar surface area (TPSA) is 200 Å². The number of carbonyl (C=O) groups is 3. The molecule has 13 heteroatoms. The minimum absolute atomic E-state index is 0.0209. The maximum atomic E-state index is 12.8. The van der Waals surface area contributed by atoms with Crippen LogP contribution in [0.5, 0.6) is 0 Å². The summed E-state index contributed by atoms with van der Waals surface area (Å²) in [6.45, 7) is 5.46. The number of nitrogens with one attached hydrogen (secondary N) is 1. The van der Waals surface area contributed by atoms with Crippen molar-refractivity contribution in [3.8, 4) is 0 Å². The zero-order valence-corrected chi connectivity index (χ0v) is 21.1. The molecule has 0 aliphatic rings. The Bertz CT molecular complexity index is 1310. The molecule has 0 bridgehead atoms. The minimum atomic E-state index is -1.09. The molecule has 0 aliphatic carbocycles. The van der Waals surface area contributed by atoms with Gasteiger partial charge in [0, 0.05) is 24.7 Å². The molecule has 0 radical (unpaired) electrons. The highest BCUT2D eigenvalue weighted by Crippen LogP contribution is 2.19. The lowest BCUT2D eigenvalue weighted by atomic mass is 10.1. The fourth-order valence-electron chi connectivity index (χ4n) is 3.39. The number of benzene rings is 1. The van der Waals surface area contributed by atoms with E-state index in [0.717, 1.165) is 5.69 Å². The number of fused-ring (bicyclic) bond motifs is 1. The Hall–Kier alpha value is -4.55. The number of aliphatic carboxylic acids is 1. The Kier molecular flexibility index (Phi) is 8.05. The number of carbonyl (C=O) groups excluding carboxylic acids is 2. The standard InChI is InChI=1S/C24H30N8O5/c1-24(2,3)37-22(36)16(9-10-17(33)34)29-21(35)13-5-7-15(8-6-13)32(4)12-14-11-27-20-18(28-14)19(25)30-23(26)31-20/h5-8,11,16H,9-10,12H2,1-4H3,(H,29,35)(H,33,34)(H4,25,26,27,30,31)/t16-/m0/s1. The number of ether oxygens (including phenoxy) is 1. The van der Waals surface area contributed by atoms with E-state index in [1.807, 2.05) is 11.9 Å². The Morgan fingerprint density at radius 2 is 1.78 bits per heavy atom. The van der Waals surface area contributed by atoms with Crippen molar-refractivity contribution in [1.29, 1.82) is 0 Å². The van der Waals surface area contributed by atoms with Crippen LogP contribution in [0.2, 0.25) is 0 Å².